The lowest BCUT2D eigenvalue weighted by Gasteiger charge is -2.38. The normalized spacial score (nSPS) is 26.9. The van der Waals surface area contributed by atoms with Crippen molar-refractivity contribution in [1.29, 1.82) is 0 Å². The second-order valence-corrected chi connectivity index (χ2v) is 10.2. The van der Waals surface area contributed by atoms with Crippen LogP contribution < -0.4 is 0 Å². The van der Waals surface area contributed by atoms with Crippen LogP contribution in [0.4, 0.5) is 0 Å². The molecule has 0 aliphatic heterocycles. The lowest BCUT2D eigenvalue weighted by molar-refractivity contribution is 0.141. The third kappa shape index (κ3) is 8.60. The fourth-order valence-corrected chi connectivity index (χ4v) is 5.96. The van der Waals surface area contributed by atoms with E-state index < -0.39 is 0 Å². The number of ether oxygens (including phenoxy) is 1. The molecule has 1 nitrogen and oxygen atoms in total. The molecular weight excluding hydrogens is 376 g/mol. The predicted molar refractivity (Wildman–Crippen MR) is 134 cm³/mol. The summed E-state index contributed by atoms with van der Waals surface area (Å²) in [6.07, 6.45) is 24.8. The maximum Gasteiger partial charge on any atom is 0.0721 e. The predicted octanol–water partition coefficient (Wildman–Crippen LogP) is 8.68. The molecule has 0 heterocycles. The van der Waals surface area contributed by atoms with Crippen molar-refractivity contribution in [3.05, 3.63) is 60.2 Å². The van der Waals surface area contributed by atoms with Crippen LogP contribution in [0.5, 0.6) is 0 Å². The standard InChI is InChI=1S/C30H46O/c1-3-5-7-8-25-15-19-29(20-16-25)30-21-17-27(18-22-30)10-9-26-11-13-28(14-12-26)24-31-23-6-4-2/h3-4,6,11-14,25,27,29-30H,1,5,7-10,15-24H2,2H3/t25-,27-,29-,30-. The molecule has 31 heavy (non-hydrogen) atoms. The van der Waals surface area contributed by atoms with Crippen LogP contribution in [-0.4, -0.2) is 6.61 Å². The van der Waals surface area contributed by atoms with Crippen molar-refractivity contribution in [2.45, 2.75) is 97.0 Å². The Bertz CT molecular complexity index is 627. The first-order valence-electron chi connectivity index (χ1n) is 13.2. The molecule has 2 saturated carbocycles. The monoisotopic (exact) mass is 422 g/mol. The first-order chi connectivity index (χ1) is 15.3. The van der Waals surface area contributed by atoms with Crippen LogP contribution in [-0.2, 0) is 17.8 Å². The zero-order chi connectivity index (χ0) is 21.7. The van der Waals surface area contributed by atoms with Gasteiger partial charge in [0, 0.05) is 0 Å². The van der Waals surface area contributed by atoms with Gasteiger partial charge in [-0.25, -0.2) is 0 Å². The van der Waals surface area contributed by atoms with Gasteiger partial charge in [0.15, 0.2) is 0 Å². The zero-order valence-corrected chi connectivity index (χ0v) is 20.1. The molecule has 2 aliphatic carbocycles. The fourth-order valence-electron chi connectivity index (χ4n) is 5.96. The van der Waals surface area contributed by atoms with E-state index in [-0.39, 0.29) is 0 Å². The molecule has 172 valence electrons. The number of hydrogen-bond donors (Lipinski definition) is 0. The maximum absolute atomic E-state index is 5.65. The van der Waals surface area contributed by atoms with Gasteiger partial charge in [0.25, 0.3) is 0 Å². The Morgan fingerprint density at radius 1 is 0.839 bits per heavy atom. The van der Waals surface area contributed by atoms with Gasteiger partial charge in [0.05, 0.1) is 13.2 Å². The van der Waals surface area contributed by atoms with Crippen LogP contribution in [0.3, 0.4) is 0 Å². The van der Waals surface area contributed by atoms with Crippen LogP contribution in [0.15, 0.2) is 49.1 Å². The lowest BCUT2D eigenvalue weighted by Crippen LogP contribution is -2.26. The maximum atomic E-state index is 5.65. The van der Waals surface area contributed by atoms with E-state index in [0.717, 1.165) is 23.7 Å². The zero-order valence-electron chi connectivity index (χ0n) is 20.1. The highest BCUT2D eigenvalue weighted by molar-refractivity contribution is 5.22. The molecule has 1 heteroatoms. The van der Waals surface area contributed by atoms with Crippen LogP contribution in [0.2, 0.25) is 0 Å². The summed E-state index contributed by atoms with van der Waals surface area (Å²) in [7, 11) is 0. The van der Waals surface area contributed by atoms with Crippen molar-refractivity contribution < 1.29 is 4.74 Å². The summed E-state index contributed by atoms with van der Waals surface area (Å²) in [4.78, 5) is 0. The molecule has 0 saturated heterocycles. The van der Waals surface area contributed by atoms with E-state index in [1.54, 1.807) is 0 Å². The summed E-state index contributed by atoms with van der Waals surface area (Å²) in [5.41, 5.74) is 2.78. The van der Waals surface area contributed by atoms with Gasteiger partial charge in [-0.3, -0.25) is 0 Å². The molecule has 0 atom stereocenters. The number of allylic oxidation sites excluding steroid dienone is 2. The minimum absolute atomic E-state index is 0.706. The van der Waals surface area contributed by atoms with Gasteiger partial charge in [-0.2, -0.15) is 0 Å². The molecule has 0 bridgehead atoms. The van der Waals surface area contributed by atoms with Crippen molar-refractivity contribution >= 4 is 0 Å². The van der Waals surface area contributed by atoms with E-state index in [2.05, 4.69) is 43.0 Å². The third-order valence-electron chi connectivity index (χ3n) is 8.05. The largest absolute Gasteiger partial charge is 0.373 e. The number of hydrogen-bond acceptors (Lipinski definition) is 1. The minimum Gasteiger partial charge on any atom is -0.373 e. The van der Waals surface area contributed by atoms with Crippen LogP contribution in [0.1, 0.15) is 95.1 Å². The summed E-state index contributed by atoms with van der Waals surface area (Å²) in [6.45, 7) is 7.32. The van der Waals surface area contributed by atoms with Crippen molar-refractivity contribution in [2.75, 3.05) is 6.61 Å². The van der Waals surface area contributed by atoms with Crippen molar-refractivity contribution in [3.63, 3.8) is 0 Å². The van der Waals surface area contributed by atoms with E-state index >= 15 is 0 Å². The minimum atomic E-state index is 0.706. The van der Waals surface area contributed by atoms with E-state index in [4.69, 9.17) is 4.74 Å². The Morgan fingerprint density at radius 2 is 1.42 bits per heavy atom. The van der Waals surface area contributed by atoms with Gasteiger partial charge in [0.2, 0.25) is 0 Å². The molecule has 0 aromatic heterocycles. The Balaban J connectivity index is 1.29. The number of aryl methyl sites for hydroxylation is 1. The molecule has 2 fully saturated rings. The van der Waals surface area contributed by atoms with Crippen molar-refractivity contribution in [3.8, 4) is 0 Å². The second-order valence-electron chi connectivity index (χ2n) is 10.2. The molecule has 0 spiro atoms. The first-order valence-corrected chi connectivity index (χ1v) is 13.2. The van der Waals surface area contributed by atoms with Gasteiger partial charge >= 0.3 is 0 Å². The van der Waals surface area contributed by atoms with Gasteiger partial charge in [-0.15, -0.1) is 6.58 Å². The van der Waals surface area contributed by atoms with E-state index in [1.807, 2.05) is 13.0 Å². The highest BCUT2D eigenvalue weighted by atomic mass is 16.5. The number of rotatable bonds is 12. The summed E-state index contributed by atoms with van der Waals surface area (Å²) in [5, 5.41) is 0. The van der Waals surface area contributed by atoms with Gasteiger partial charge in [-0.1, -0.05) is 74.6 Å². The molecule has 0 N–H and O–H groups in total. The average Bonchev–Trinajstić information content (AvgIpc) is 2.82. The molecule has 0 radical (unpaired) electrons. The lowest BCUT2D eigenvalue weighted by atomic mass is 9.68. The van der Waals surface area contributed by atoms with Gasteiger partial charge in [0.1, 0.15) is 0 Å². The van der Waals surface area contributed by atoms with Gasteiger partial charge < -0.3 is 4.74 Å². The Morgan fingerprint density at radius 3 is 2.00 bits per heavy atom. The Kier molecular flexibility index (Phi) is 10.9. The molecule has 3 rings (SSSR count). The van der Waals surface area contributed by atoms with Crippen LogP contribution in [0.25, 0.3) is 0 Å². The summed E-state index contributed by atoms with van der Waals surface area (Å²) < 4.78 is 5.65. The number of unbranched alkanes of at least 4 members (excludes halogenated alkanes) is 1. The van der Waals surface area contributed by atoms with Gasteiger partial charge in [-0.05, 0) is 93.1 Å². The molecule has 1 aromatic rings. The first kappa shape index (κ1) is 24.3. The highest BCUT2D eigenvalue weighted by Gasteiger charge is 2.30. The summed E-state index contributed by atoms with van der Waals surface area (Å²) >= 11 is 0. The van der Waals surface area contributed by atoms with Crippen LogP contribution in [0, 0.1) is 23.7 Å². The second kappa shape index (κ2) is 13.9. The van der Waals surface area contributed by atoms with E-state index in [1.165, 1.54) is 94.6 Å². The summed E-state index contributed by atoms with van der Waals surface area (Å²) in [6, 6.07) is 9.12. The molecule has 1 aromatic carbocycles. The molecule has 0 amide bonds. The van der Waals surface area contributed by atoms with Crippen molar-refractivity contribution in [1.82, 2.24) is 0 Å². The van der Waals surface area contributed by atoms with E-state index in [9.17, 15) is 0 Å². The molecular formula is C30H46O. The Hall–Kier alpha value is -1.34. The smallest absolute Gasteiger partial charge is 0.0721 e. The third-order valence-corrected chi connectivity index (χ3v) is 8.05. The summed E-state index contributed by atoms with van der Waals surface area (Å²) in [5.74, 6) is 4.04. The van der Waals surface area contributed by atoms with E-state index in [0.29, 0.717) is 13.2 Å². The highest BCUT2D eigenvalue weighted by Crippen LogP contribution is 2.43. The average molecular weight is 423 g/mol. The Labute approximate surface area is 192 Å². The van der Waals surface area contributed by atoms with Crippen LogP contribution >= 0.6 is 0 Å². The molecule has 0 unspecified atom stereocenters. The van der Waals surface area contributed by atoms with Crippen molar-refractivity contribution in [2.24, 2.45) is 23.7 Å². The molecule has 2 aliphatic rings. The topological polar surface area (TPSA) is 9.23 Å². The fraction of sp³-hybridized carbons (Fsp3) is 0.667. The SMILES string of the molecule is C=CCCC[C@H]1CC[C@H]([C@H]2CC[C@H](CCc3ccc(COCC=CC)cc3)CC2)CC1. The quantitative estimate of drug-likeness (QED) is 0.242. The number of benzene rings is 1.